The third-order valence-electron chi connectivity index (χ3n) is 3.42. The highest BCUT2D eigenvalue weighted by Crippen LogP contribution is 2.12. The minimum absolute atomic E-state index is 0.101. The molecule has 4 nitrogen and oxygen atoms in total. The molecule has 0 heterocycles. The number of hydrogen-bond acceptors (Lipinski definition) is 4. The van der Waals surface area contributed by atoms with E-state index in [1.165, 1.54) is 12.7 Å². The Balaban J connectivity index is 2.09. The lowest BCUT2D eigenvalue weighted by Crippen LogP contribution is -2.26. The van der Waals surface area contributed by atoms with Gasteiger partial charge in [0.05, 0.1) is 19.3 Å². The predicted octanol–water partition coefficient (Wildman–Crippen LogP) is 2.47. The molecular weight excluding hydrogens is 278 g/mol. The number of aliphatic hydroxyl groups is 1. The largest absolute Gasteiger partial charge is 0.465 e. The first-order chi connectivity index (χ1) is 10.7. The van der Waals surface area contributed by atoms with Crippen LogP contribution in [0, 0.1) is 0 Å². The molecule has 2 aromatic rings. The molecule has 2 rings (SSSR count). The van der Waals surface area contributed by atoms with Crippen molar-refractivity contribution in [2.24, 2.45) is 0 Å². The molecule has 0 atom stereocenters. The van der Waals surface area contributed by atoms with E-state index >= 15 is 0 Å². The lowest BCUT2D eigenvalue weighted by atomic mass is 10.1. The van der Waals surface area contributed by atoms with Gasteiger partial charge < -0.3 is 9.84 Å². The van der Waals surface area contributed by atoms with Gasteiger partial charge in [-0.25, -0.2) is 4.79 Å². The Bertz CT molecular complexity index is 598. The van der Waals surface area contributed by atoms with Gasteiger partial charge in [-0.15, -0.1) is 0 Å². The Labute approximate surface area is 131 Å². The molecule has 22 heavy (non-hydrogen) atoms. The first-order valence-electron chi connectivity index (χ1n) is 7.27. The summed E-state index contributed by atoms with van der Waals surface area (Å²) in [5.74, 6) is -0.335. The highest BCUT2D eigenvalue weighted by molar-refractivity contribution is 5.89. The third kappa shape index (κ3) is 4.69. The summed E-state index contributed by atoms with van der Waals surface area (Å²) in [5.41, 5.74) is 2.76. The fourth-order valence-corrected chi connectivity index (χ4v) is 2.37. The molecule has 0 fully saturated rings. The molecule has 1 N–H and O–H groups in total. The smallest absolute Gasteiger partial charge is 0.337 e. The van der Waals surface area contributed by atoms with Crippen molar-refractivity contribution in [1.29, 1.82) is 0 Å². The molecule has 4 heteroatoms. The van der Waals surface area contributed by atoms with E-state index in [1.807, 2.05) is 36.4 Å². The van der Waals surface area contributed by atoms with Crippen LogP contribution in [0.5, 0.6) is 0 Å². The number of carbonyl (C=O) groups excluding carboxylic acids is 1. The number of esters is 1. The van der Waals surface area contributed by atoms with E-state index in [2.05, 4.69) is 17.0 Å². The molecule has 0 aliphatic heterocycles. The van der Waals surface area contributed by atoms with Gasteiger partial charge in [0.2, 0.25) is 0 Å². The van der Waals surface area contributed by atoms with Crippen molar-refractivity contribution in [3.8, 4) is 0 Å². The Morgan fingerprint density at radius 1 is 1.05 bits per heavy atom. The Hall–Kier alpha value is -2.17. The number of aliphatic hydroxyl groups excluding tert-OH is 1. The number of nitrogens with zero attached hydrogens (tertiary/aromatic N) is 1. The van der Waals surface area contributed by atoms with Crippen LogP contribution in [0.15, 0.2) is 54.6 Å². The van der Waals surface area contributed by atoms with Crippen molar-refractivity contribution >= 4 is 5.97 Å². The van der Waals surface area contributed by atoms with E-state index in [0.717, 1.165) is 12.1 Å². The van der Waals surface area contributed by atoms with Gasteiger partial charge in [0.15, 0.2) is 0 Å². The molecule has 0 spiro atoms. The molecule has 0 aliphatic carbocycles. The number of carbonyl (C=O) groups is 1. The van der Waals surface area contributed by atoms with E-state index in [-0.39, 0.29) is 12.6 Å². The average molecular weight is 299 g/mol. The molecule has 0 unspecified atom stereocenters. The van der Waals surface area contributed by atoms with Gasteiger partial charge in [0.25, 0.3) is 0 Å². The average Bonchev–Trinajstić information content (AvgIpc) is 2.55. The second kappa shape index (κ2) is 8.32. The third-order valence-corrected chi connectivity index (χ3v) is 3.42. The van der Waals surface area contributed by atoms with Gasteiger partial charge in [-0.2, -0.15) is 0 Å². The molecule has 0 radical (unpaired) electrons. The maximum Gasteiger partial charge on any atom is 0.337 e. The zero-order valence-electron chi connectivity index (χ0n) is 12.7. The van der Waals surface area contributed by atoms with E-state index in [0.29, 0.717) is 18.7 Å². The summed E-state index contributed by atoms with van der Waals surface area (Å²) in [6.07, 6.45) is 0. The minimum Gasteiger partial charge on any atom is -0.465 e. The van der Waals surface area contributed by atoms with Gasteiger partial charge in [-0.05, 0) is 23.3 Å². The molecule has 0 saturated carbocycles. The van der Waals surface area contributed by atoms with Crippen molar-refractivity contribution in [3.05, 3.63) is 71.3 Å². The summed E-state index contributed by atoms with van der Waals surface area (Å²) in [4.78, 5) is 13.7. The van der Waals surface area contributed by atoms with Crippen molar-refractivity contribution in [3.63, 3.8) is 0 Å². The van der Waals surface area contributed by atoms with Crippen LogP contribution in [-0.2, 0) is 17.8 Å². The lowest BCUT2D eigenvalue weighted by Gasteiger charge is -2.21. The minimum atomic E-state index is -0.335. The second-order valence-electron chi connectivity index (χ2n) is 5.11. The van der Waals surface area contributed by atoms with Crippen LogP contribution in [0.1, 0.15) is 21.5 Å². The van der Waals surface area contributed by atoms with E-state index in [9.17, 15) is 9.90 Å². The molecule has 0 saturated heterocycles. The highest BCUT2D eigenvalue weighted by atomic mass is 16.5. The first-order valence-corrected chi connectivity index (χ1v) is 7.27. The second-order valence-corrected chi connectivity index (χ2v) is 5.11. The number of rotatable bonds is 7. The van der Waals surface area contributed by atoms with Crippen molar-refractivity contribution in [2.45, 2.75) is 13.1 Å². The fraction of sp³-hybridized carbons (Fsp3) is 0.278. The molecule has 116 valence electrons. The Morgan fingerprint density at radius 2 is 1.73 bits per heavy atom. The fourth-order valence-electron chi connectivity index (χ4n) is 2.37. The summed E-state index contributed by atoms with van der Waals surface area (Å²) in [7, 11) is 1.38. The van der Waals surface area contributed by atoms with Crippen LogP contribution >= 0.6 is 0 Å². The van der Waals surface area contributed by atoms with Gasteiger partial charge in [0, 0.05) is 19.6 Å². The van der Waals surface area contributed by atoms with Crippen LogP contribution in [0.3, 0.4) is 0 Å². The SMILES string of the molecule is COC(=O)c1cccc(CN(CCO)Cc2ccccc2)c1. The number of ether oxygens (including phenoxy) is 1. The highest BCUT2D eigenvalue weighted by Gasteiger charge is 2.09. The number of benzene rings is 2. The topological polar surface area (TPSA) is 49.8 Å². The van der Waals surface area contributed by atoms with Crippen molar-refractivity contribution in [1.82, 2.24) is 4.90 Å². The van der Waals surface area contributed by atoms with Crippen LogP contribution in [0.2, 0.25) is 0 Å². The predicted molar refractivity (Wildman–Crippen MR) is 85.4 cm³/mol. The van der Waals surface area contributed by atoms with Crippen molar-refractivity contribution in [2.75, 3.05) is 20.3 Å². The number of hydrogen-bond donors (Lipinski definition) is 1. The standard InChI is InChI=1S/C18H21NO3/c1-22-18(21)17-9-5-8-16(12-17)14-19(10-11-20)13-15-6-3-2-4-7-15/h2-9,12,20H,10-11,13-14H2,1H3. The van der Waals surface area contributed by atoms with E-state index in [1.54, 1.807) is 6.07 Å². The quantitative estimate of drug-likeness (QED) is 0.798. The van der Waals surface area contributed by atoms with Crippen LogP contribution in [0.25, 0.3) is 0 Å². The summed E-state index contributed by atoms with van der Waals surface area (Å²) < 4.78 is 4.75. The molecular formula is C18H21NO3. The maximum absolute atomic E-state index is 11.6. The van der Waals surface area contributed by atoms with Gasteiger partial charge >= 0.3 is 5.97 Å². The normalized spacial score (nSPS) is 10.7. The summed E-state index contributed by atoms with van der Waals surface area (Å²) >= 11 is 0. The van der Waals surface area contributed by atoms with Crippen molar-refractivity contribution < 1.29 is 14.6 Å². The van der Waals surface area contributed by atoms with Crippen LogP contribution < -0.4 is 0 Å². The lowest BCUT2D eigenvalue weighted by molar-refractivity contribution is 0.0600. The summed E-state index contributed by atoms with van der Waals surface area (Å²) in [5, 5.41) is 9.26. The molecule has 0 bridgehead atoms. The van der Waals surface area contributed by atoms with Crippen LogP contribution in [-0.4, -0.2) is 36.2 Å². The zero-order chi connectivity index (χ0) is 15.8. The molecule has 2 aromatic carbocycles. The summed E-state index contributed by atoms with van der Waals surface area (Å²) in [6.45, 7) is 2.10. The molecule has 0 aliphatic rings. The maximum atomic E-state index is 11.6. The van der Waals surface area contributed by atoms with E-state index < -0.39 is 0 Å². The summed E-state index contributed by atoms with van der Waals surface area (Å²) in [6, 6.07) is 17.5. The van der Waals surface area contributed by atoms with Gasteiger partial charge in [0.1, 0.15) is 0 Å². The Kier molecular flexibility index (Phi) is 6.13. The zero-order valence-corrected chi connectivity index (χ0v) is 12.7. The van der Waals surface area contributed by atoms with Gasteiger partial charge in [-0.3, -0.25) is 4.90 Å². The van der Waals surface area contributed by atoms with E-state index in [4.69, 9.17) is 4.74 Å². The number of methoxy groups -OCH3 is 1. The monoisotopic (exact) mass is 299 g/mol. The molecule has 0 aromatic heterocycles. The Morgan fingerprint density at radius 3 is 2.41 bits per heavy atom. The molecule has 0 amide bonds. The van der Waals surface area contributed by atoms with Gasteiger partial charge in [-0.1, -0.05) is 42.5 Å². The van der Waals surface area contributed by atoms with Crippen LogP contribution in [0.4, 0.5) is 0 Å². The first kappa shape index (κ1) is 16.2.